The van der Waals surface area contributed by atoms with Crippen molar-refractivity contribution in [2.24, 2.45) is 5.92 Å². The van der Waals surface area contributed by atoms with E-state index >= 15 is 0 Å². The highest BCUT2D eigenvalue weighted by Gasteiger charge is 2.30. The van der Waals surface area contributed by atoms with Crippen LogP contribution in [0.2, 0.25) is 5.15 Å². The van der Waals surface area contributed by atoms with E-state index < -0.39 is 0 Å². The van der Waals surface area contributed by atoms with Crippen LogP contribution in [-0.4, -0.2) is 38.8 Å². The van der Waals surface area contributed by atoms with E-state index in [2.05, 4.69) is 29.0 Å². The number of aliphatic hydroxyl groups is 1. The van der Waals surface area contributed by atoms with Gasteiger partial charge in [-0.3, -0.25) is 14.9 Å². The molecule has 0 fully saturated rings. The average molecular weight is 514 g/mol. The molecular weight excluding hydrogens is 481 g/mol. The van der Waals surface area contributed by atoms with E-state index in [1.165, 1.54) is 12.1 Å². The van der Waals surface area contributed by atoms with Gasteiger partial charge >= 0.3 is 0 Å². The molecule has 3 aromatic rings. The second-order valence-corrected chi connectivity index (χ2v) is 9.58. The maximum Gasteiger partial charge on any atom is 0.170 e. The Labute approximate surface area is 216 Å². The van der Waals surface area contributed by atoms with Crippen molar-refractivity contribution in [3.8, 4) is 17.0 Å². The number of aromatic amines is 1. The van der Waals surface area contributed by atoms with Gasteiger partial charge in [0.25, 0.3) is 0 Å². The van der Waals surface area contributed by atoms with E-state index in [4.69, 9.17) is 21.4 Å². The summed E-state index contributed by atoms with van der Waals surface area (Å²) in [6, 6.07) is 6.37. The number of nitrogens with one attached hydrogen (secondary N) is 1. The van der Waals surface area contributed by atoms with Crippen LogP contribution < -0.4 is 4.74 Å². The standard InChI is InChI=1S/C24H23ClFN3O2.C4H10O/c1-4-17(23(30)15-7-14-8-16(26)5-6-22(14)31-12-15)19-10-27-21(9-18(19)13(2)3)20-11-28-29-24(20)25;1-3-4(2)5/h4-6,8-11,13,15H,7,12H2,1-3H3,(H,28,29);4-5H,3H2,1-2H3/b17-4+;. The molecule has 1 aliphatic rings. The molecule has 0 aliphatic carbocycles. The van der Waals surface area contributed by atoms with E-state index in [9.17, 15) is 9.18 Å². The van der Waals surface area contributed by atoms with E-state index in [1.54, 1.807) is 25.4 Å². The van der Waals surface area contributed by atoms with Crippen molar-refractivity contribution in [1.29, 1.82) is 0 Å². The smallest absolute Gasteiger partial charge is 0.170 e. The van der Waals surface area contributed by atoms with Crippen molar-refractivity contribution in [3.63, 3.8) is 0 Å². The fourth-order valence-electron chi connectivity index (χ4n) is 3.95. The van der Waals surface area contributed by atoms with Crippen molar-refractivity contribution in [2.75, 3.05) is 6.61 Å². The summed E-state index contributed by atoms with van der Waals surface area (Å²) in [5, 5.41) is 15.4. The fourth-order valence-corrected chi connectivity index (χ4v) is 4.15. The first-order chi connectivity index (χ1) is 17.2. The van der Waals surface area contributed by atoms with Crippen LogP contribution in [0.1, 0.15) is 63.6 Å². The Bertz CT molecular complexity index is 1240. The van der Waals surface area contributed by atoms with Gasteiger partial charge in [-0.1, -0.05) is 38.4 Å². The fraction of sp³-hybridized carbons (Fsp3) is 0.393. The molecular formula is C28H33ClFN3O3. The number of carbonyl (C=O) groups is 1. The first-order valence-corrected chi connectivity index (χ1v) is 12.5. The summed E-state index contributed by atoms with van der Waals surface area (Å²) in [6.07, 6.45) is 6.35. The molecule has 3 heterocycles. The molecule has 6 nitrogen and oxygen atoms in total. The quantitative estimate of drug-likeness (QED) is 0.373. The van der Waals surface area contributed by atoms with Gasteiger partial charge in [0.1, 0.15) is 16.7 Å². The maximum absolute atomic E-state index is 13.7. The lowest BCUT2D eigenvalue weighted by molar-refractivity contribution is -0.118. The predicted octanol–water partition coefficient (Wildman–Crippen LogP) is 6.39. The number of hydrogen-bond donors (Lipinski definition) is 2. The van der Waals surface area contributed by atoms with Crippen LogP contribution in [0.4, 0.5) is 4.39 Å². The van der Waals surface area contributed by atoms with Gasteiger partial charge in [-0.25, -0.2) is 4.39 Å². The number of Topliss-reactive ketones (excluding diaryl/α,β-unsaturated/α-hetero) is 1. The lowest BCUT2D eigenvalue weighted by atomic mass is 9.84. The molecule has 36 heavy (non-hydrogen) atoms. The molecule has 0 spiro atoms. The van der Waals surface area contributed by atoms with Crippen molar-refractivity contribution in [3.05, 3.63) is 70.4 Å². The van der Waals surface area contributed by atoms with Crippen molar-refractivity contribution in [2.45, 2.75) is 59.5 Å². The Morgan fingerprint density at radius 3 is 2.61 bits per heavy atom. The number of ketones is 1. The van der Waals surface area contributed by atoms with Crippen LogP contribution in [0, 0.1) is 11.7 Å². The number of aliphatic hydroxyl groups excluding tert-OH is 1. The molecule has 0 bridgehead atoms. The third-order valence-corrected chi connectivity index (χ3v) is 6.45. The molecule has 8 heteroatoms. The summed E-state index contributed by atoms with van der Waals surface area (Å²) < 4.78 is 19.4. The Hall–Kier alpha value is -3.03. The lowest BCUT2D eigenvalue weighted by Crippen LogP contribution is -2.29. The van der Waals surface area contributed by atoms with Gasteiger partial charge in [-0.15, -0.1) is 0 Å². The zero-order valence-corrected chi connectivity index (χ0v) is 22.1. The Morgan fingerprint density at radius 1 is 1.31 bits per heavy atom. The summed E-state index contributed by atoms with van der Waals surface area (Å²) in [5.74, 6) is 0.0428. The minimum absolute atomic E-state index is 0.0322. The van der Waals surface area contributed by atoms with Crippen LogP contribution in [0.5, 0.6) is 5.75 Å². The largest absolute Gasteiger partial charge is 0.493 e. The second-order valence-electron chi connectivity index (χ2n) is 9.20. The summed E-state index contributed by atoms with van der Waals surface area (Å²) in [4.78, 5) is 18.0. The van der Waals surface area contributed by atoms with Crippen LogP contribution in [0.25, 0.3) is 16.8 Å². The van der Waals surface area contributed by atoms with Crippen molar-refractivity contribution >= 4 is 23.0 Å². The van der Waals surface area contributed by atoms with Gasteiger partial charge in [-0.2, -0.15) is 5.10 Å². The van der Waals surface area contributed by atoms with Gasteiger partial charge in [0.05, 0.1) is 36.1 Å². The van der Waals surface area contributed by atoms with Crippen LogP contribution >= 0.6 is 11.6 Å². The molecule has 2 unspecified atom stereocenters. The van der Waals surface area contributed by atoms with Crippen molar-refractivity contribution in [1.82, 2.24) is 15.2 Å². The highest BCUT2D eigenvalue weighted by molar-refractivity contribution is 6.32. The Kier molecular flexibility index (Phi) is 9.40. The highest BCUT2D eigenvalue weighted by Crippen LogP contribution is 2.35. The number of ether oxygens (including phenoxy) is 1. The molecule has 1 aromatic carbocycles. The molecule has 2 N–H and O–H groups in total. The Morgan fingerprint density at radius 2 is 2.03 bits per heavy atom. The van der Waals surface area contributed by atoms with Gasteiger partial charge in [-0.05, 0) is 68.0 Å². The van der Waals surface area contributed by atoms with Gasteiger partial charge in [0.15, 0.2) is 5.78 Å². The first-order valence-electron chi connectivity index (χ1n) is 12.2. The number of hydrogen-bond acceptors (Lipinski definition) is 5. The molecule has 1 aliphatic heterocycles. The number of allylic oxidation sites excluding steroid dienone is 2. The van der Waals surface area contributed by atoms with Gasteiger partial charge in [0, 0.05) is 17.3 Å². The maximum atomic E-state index is 13.7. The van der Waals surface area contributed by atoms with E-state index in [-0.39, 0.29) is 36.1 Å². The molecule has 0 saturated heterocycles. The number of rotatable bonds is 6. The third-order valence-electron chi connectivity index (χ3n) is 6.16. The second kappa shape index (κ2) is 12.3. The van der Waals surface area contributed by atoms with Crippen LogP contribution in [0.15, 0.2) is 42.7 Å². The summed E-state index contributed by atoms with van der Waals surface area (Å²) in [5.41, 5.74) is 4.49. The Balaban J connectivity index is 0.000000658. The number of fused-ring (bicyclic) bond motifs is 1. The first kappa shape index (κ1) is 27.6. The zero-order chi connectivity index (χ0) is 26.4. The zero-order valence-electron chi connectivity index (χ0n) is 21.3. The van der Waals surface area contributed by atoms with Gasteiger partial charge in [0.2, 0.25) is 0 Å². The average Bonchev–Trinajstić information content (AvgIpc) is 3.30. The van der Waals surface area contributed by atoms with E-state index in [0.29, 0.717) is 39.7 Å². The minimum atomic E-state index is -0.386. The number of pyridine rings is 1. The van der Waals surface area contributed by atoms with Gasteiger partial charge < -0.3 is 9.84 Å². The summed E-state index contributed by atoms with van der Waals surface area (Å²) >= 11 is 6.18. The molecule has 2 aromatic heterocycles. The minimum Gasteiger partial charge on any atom is -0.493 e. The molecule has 0 radical (unpaired) electrons. The molecule has 2 atom stereocenters. The highest BCUT2D eigenvalue weighted by atomic mass is 35.5. The van der Waals surface area contributed by atoms with Crippen molar-refractivity contribution < 1.29 is 19.0 Å². The molecule has 0 amide bonds. The summed E-state index contributed by atoms with van der Waals surface area (Å²) in [6.45, 7) is 9.97. The number of halogens is 2. The number of H-pyrrole nitrogens is 1. The van der Waals surface area contributed by atoms with E-state index in [1.807, 2.05) is 26.0 Å². The molecule has 0 saturated carbocycles. The number of benzene rings is 1. The lowest BCUT2D eigenvalue weighted by Gasteiger charge is -2.26. The molecule has 192 valence electrons. The normalized spacial score (nSPS) is 16.0. The van der Waals surface area contributed by atoms with Crippen LogP contribution in [0.3, 0.4) is 0 Å². The number of aromatic nitrogens is 3. The van der Waals surface area contributed by atoms with E-state index in [0.717, 1.165) is 17.5 Å². The number of carbonyl (C=O) groups excluding carboxylic acids is 1. The number of nitrogens with zero attached hydrogens (tertiary/aromatic N) is 2. The topological polar surface area (TPSA) is 88.1 Å². The SMILES string of the molecule is C/C=C(/C(=O)C1COc2ccc(F)cc2C1)c1cnc(-c2cn[nH]c2Cl)cc1C(C)C.CCC(C)O. The molecule has 4 rings (SSSR count). The third kappa shape index (κ3) is 6.39. The summed E-state index contributed by atoms with van der Waals surface area (Å²) in [7, 11) is 0. The van der Waals surface area contributed by atoms with Crippen LogP contribution in [-0.2, 0) is 11.2 Å². The monoisotopic (exact) mass is 513 g/mol. The predicted molar refractivity (Wildman–Crippen MR) is 141 cm³/mol.